The number of hydrogen-bond acceptors (Lipinski definition) is 5. The van der Waals surface area contributed by atoms with E-state index in [4.69, 9.17) is 4.74 Å². The van der Waals surface area contributed by atoms with Crippen LogP contribution in [0, 0.1) is 0 Å². The molecule has 0 saturated carbocycles. The normalized spacial score (nSPS) is 14.8. The number of methoxy groups -OCH3 is 1. The molecule has 0 radical (unpaired) electrons. The number of H-pyrrole nitrogens is 1. The minimum Gasteiger partial charge on any atom is -0.497 e. The highest BCUT2D eigenvalue weighted by Crippen LogP contribution is 2.22. The number of ether oxygens (including phenoxy) is 1. The molecule has 0 spiro atoms. The first-order valence-corrected chi connectivity index (χ1v) is 9.86. The number of aromatic amines is 1. The molecule has 2 N–H and O–H groups in total. The quantitative estimate of drug-likeness (QED) is 0.666. The average molecular weight is 411 g/mol. The van der Waals surface area contributed by atoms with E-state index in [1.54, 1.807) is 20.4 Å². The first kappa shape index (κ1) is 19.8. The van der Waals surface area contributed by atoms with Gasteiger partial charge in [0.25, 0.3) is 11.5 Å². The zero-order valence-corrected chi connectivity index (χ0v) is 17.3. The van der Waals surface area contributed by atoms with Gasteiger partial charge in [0.15, 0.2) is 0 Å². The van der Waals surface area contributed by atoms with Crippen LogP contribution >= 0.6 is 0 Å². The summed E-state index contributed by atoms with van der Waals surface area (Å²) in [7, 11) is 4.72. The molecule has 1 aliphatic heterocycles. The number of amides is 1. The Balaban J connectivity index is 1.42. The second-order valence-corrected chi connectivity index (χ2v) is 7.64. The monoisotopic (exact) mass is 411 g/mol. The van der Waals surface area contributed by atoms with E-state index in [0.717, 1.165) is 21.2 Å². The van der Waals surface area contributed by atoms with Gasteiger partial charge in [-0.2, -0.15) is 0 Å². The van der Waals surface area contributed by atoms with Crippen LogP contribution in [0.1, 0.15) is 23.3 Å². The van der Waals surface area contributed by atoms with Gasteiger partial charge in [-0.15, -0.1) is 0 Å². The van der Waals surface area contributed by atoms with Crippen LogP contribution in [-0.4, -0.2) is 46.3 Å². The Morgan fingerprint density at radius 3 is 2.60 bits per heavy atom. The maximum atomic E-state index is 12.7. The number of fused-ring (bicyclic) bond motifs is 1. The molecule has 9 heteroatoms. The van der Waals surface area contributed by atoms with Crippen molar-refractivity contribution < 1.29 is 9.53 Å². The molecule has 2 aromatic heterocycles. The fourth-order valence-corrected chi connectivity index (χ4v) is 3.89. The van der Waals surface area contributed by atoms with Crippen molar-refractivity contribution in [1.82, 2.24) is 19.4 Å². The smallest absolute Gasteiger partial charge is 0.330 e. The molecule has 1 fully saturated rings. The summed E-state index contributed by atoms with van der Waals surface area (Å²) in [4.78, 5) is 42.1. The Hall–Kier alpha value is -3.49. The molecular formula is C21H25N5O4. The van der Waals surface area contributed by atoms with Gasteiger partial charge in [-0.1, -0.05) is 0 Å². The van der Waals surface area contributed by atoms with Gasteiger partial charge in [-0.05, 0) is 31.0 Å². The molecule has 4 rings (SSSR count). The van der Waals surface area contributed by atoms with E-state index in [-0.39, 0.29) is 23.2 Å². The Labute approximate surface area is 172 Å². The summed E-state index contributed by atoms with van der Waals surface area (Å²) < 4.78 is 7.75. The van der Waals surface area contributed by atoms with Crippen molar-refractivity contribution >= 4 is 22.5 Å². The summed E-state index contributed by atoms with van der Waals surface area (Å²) in [5, 5.41) is 4.02. The number of aryl methyl sites for hydroxylation is 1. The average Bonchev–Trinajstić information content (AvgIpc) is 3.19. The molecule has 1 aliphatic rings. The number of aromatic nitrogens is 3. The largest absolute Gasteiger partial charge is 0.497 e. The van der Waals surface area contributed by atoms with E-state index < -0.39 is 0 Å². The van der Waals surface area contributed by atoms with Crippen LogP contribution in [0.2, 0.25) is 0 Å². The van der Waals surface area contributed by atoms with Gasteiger partial charge in [-0.3, -0.25) is 14.2 Å². The number of anilines is 1. The predicted molar refractivity (Wildman–Crippen MR) is 114 cm³/mol. The maximum absolute atomic E-state index is 12.7. The Morgan fingerprint density at radius 2 is 1.90 bits per heavy atom. The molecule has 1 aromatic carbocycles. The van der Waals surface area contributed by atoms with Gasteiger partial charge in [0.2, 0.25) is 0 Å². The minimum atomic E-state index is -0.346. The number of rotatable bonds is 4. The van der Waals surface area contributed by atoms with Gasteiger partial charge in [-0.25, -0.2) is 4.79 Å². The fourth-order valence-electron chi connectivity index (χ4n) is 3.89. The Kier molecular flexibility index (Phi) is 5.11. The molecule has 3 aromatic rings. The lowest BCUT2D eigenvalue weighted by atomic mass is 10.0. The summed E-state index contributed by atoms with van der Waals surface area (Å²) >= 11 is 0. The van der Waals surface area contributed by atoms with Gasteiger partial charge in [0.05, 0.1) is 7.11 Å². The van der Waals surface area contributed by atoms with Crippen LogP contribution in [0.4, 0.5) is 5.69 Å². The number of hydrogen-bond donors (Lipinski definition) is 2. The molecule has 0 bridgehead atoms. The molecule has 158 valence electrons. The lowest BCUT2D eigenvalue weighted by molar-refractivity contribution is 0.0927. The van der Waals surface area contributed by atoms with Crippen molar-refractivity contribution in [2.45, 2.75) is 18.9 Å². The summed E-state index contributed by atoms with van der Waals surface area (Å²) in [6.45, 7) is 1.25. The lowest BCUT2D eigenvalue weighted by Gasteiger charge is -2.33. The molecule has 1 saturated heterocycles. The third kappa shape index (κ3) is 3.58. The summed E-state index contributed by atoms with van der Waals surface area (Å²) in [5.74, 6) is 0.579. The molecule has 3 heterocycles. The van der Waals surface area contributed by atoms with E-state index in [2.05, 4.69) is 10.3 Å². The molecular weight excluding hydrogens is 386 g/mol. The zero-order chi connectivity index (χ0) is 21.4. The van der Waals surface area contributed by atoms with Gasteiger partial charge in [0, 0.05) is 56.4 Å². The molecule has 0 unspecified atom stereocenters. The van der Waals surface area contributed by atoms with Gasteiger partial charge in [0.1, 0.15) is 17.1 Å². The zero-order valence-electron chi connectivity index (χ0n) is 17.3. The van der Waals surface area contributed by atoms with Crippen molar-refractivity contribution in [2.75, 3.05) is 25.1 Å². The third-order valence-electron chi connectivity index (χ3n) is 5.67. The predicted octanol–water partition coefficient (Wildman–Crippen LogP) is 0.973. The number of carbonyl (C=O) groups excluding carboxylic acids is 1. The molecule has 9 nitrogen and oxygen atoms in total. The topological polar surface area (TPSA) is 101 Å². The third-order valence-corrected chi connectivity index (χ3v) is 5.67. The number of piperidine rings is 1. The van der Waals surface area contributed by atoms with Crippen molar-refractivity contribution in [3.63, 3.8) is 0 Å². The van der Waals surface area contributed by atoms with Crippen LogP contribution in [-0.2, 0) is 14.1 Å². The molecule has 0 aliphatic carbocycles. The second kappa shape index (κ2) is 7.74. The van der Waals surface area contributed by atoms with Crippen molar-refractivity contribution in [3.05, 3.63) is 57.0 Å². The summed E-state index contributed by atoms with van der Waals surface area (Å²) in [6, 6.07) is 7.47. The molecule has 0 atom stereocenters. The summed E-state index contributed by atoms with van der Waals surface area (Å²) in [6.07, 6.45) is 3.01. The highest BCUT2D eigenvalue weighted by Gasteiger charge is 2.24. The Morgan fingerprint density at radius 1 is 1.17 bits per heavy atom. The minimum absolute atomic E-state index is 0.0195. The van der Waals surface area contributed by atoms with Gasteiger partial charge >= 0.3 is 5.69 Å². The van der Waals surface area contributed by atoms with Crippen molar-refractivity contribution in [3.8, 4) is 5.75 Å². The van der Waals surface area contributed by atoms with E-state index >= 15 is 0 Å². The standard InChI is InChI=1S/C21H25N5O4/c1-24-12-18(20(28)25(2)21(24)29)26-8-6-14(7-9-26)22-19(27)17-10-13-4-5-15(30-3)11-16(13)23-17/h4-5,10-12,14,23H,6-9H2,1-3H3,(H,22,27). The van der Waals surface area contributed by atoms with E-state index in [1.165, 1.54) is 11.6 Å². The maximum Gasteiger partial charge on any atom is 0.330 e. The fraction of sp³-hybridized carbons (Fsp3) is 0.381. The SMILES string of the molecule is COc1ccc2cc(C(=O)NC3CCN(c4cn(C)c(=O)n(C)c4=O)CC3)[nH]c2c1. The van der Waals surface area contributed by atoms with Gasteiger partial charge < -0.3 is 24.5 Å². The van der Waals surface area contributed by atoms with Crippen LogP contribution in [0.15, 0.2) is 40.1 Å². The van der Waals surface area contributed by atoms with Crippen molar-refractivity contribution in [1.29, 1.82) is 0 Å². The van der Waals surface area contributed by atoms with Crippen LogP contribution < -0.4 is 26.2 Å². The van der Waals surface area contributed by atoms with Crippen LogP contribution in [0.25, 0.3) is 10.9 Å². The highest BCUT2D eigenvalue weighted by atomic mass is 16.5. The summed E-state index contributed by atoms with van der Waals surface area (Å²) in [5.41, 5.74) is 1.22. The lowest BCUT2D eigenvalue weighted by Crippen LogP contribution is -2.47. The van der Waals surface area contributed by atoms with E-state index in [1.807, 2.05) is 29.2 Å². The van der Waals surface area contributed by atoms with Crippen LogP contribution in [0.5, 0.6) is 5.75 Å². The van der Waals surface area contributed by atoms with E-state index in [0.29, 0.717) is 37.3 Å². The van der Waals surface area contributed by atoms with Crippen LogP contribution in [0.3, 0.4) is 0 Å². The number of nitrogens with zero attached hydrogens (tertiary/aromatic N) is 3. The van der Waals surface area contributed by atoms with Crippen molar-refractivity contribution in [2.24, 2.45) is 14.1 Å². The number of carbonyl (C=O) groups is 1. The first-order valence-electron chi connectivity index (χ1n) is 9.86. The molecule has 30 heavy (non-hydrogen) atoms. The first-order chi connectivity index (χ1) is 14.4. The second-order valence-electron chi connectivity index (χ2n) is 7.64. The highest BCUT2D eigenvalue weighted by molar-refractivity contribution is 5.98. The Bertz CT molecular complexity index is 1210. The van der Waals surface area contributed by atoms with E-state index in [9.17, 15) is 14.4 Å². The number of benzene rings is 1. The number of nitrogens with one attached hydrogen (secondary N) is 2. The molecule has 1 amide bonds.